The fraction of sp³-hybridized carbons (Fsp3) is 0.231. The molecule has 1 nitrogen and oxygen atoms in total. The van der Waals surface area contributed by atoms with Crippen molar-refractivity contribution in [1.29, 1.82) is 0 Å². The topological polar surface area (TPSA) is 12.0 Å². The van der Waals surface area contributed by atoms with Crippen LogP contribution in [-0.2, 0) is 0 Å². The Morgan fingerprint density at radius 3 is 2.21 bits per heavy atom. The van der Waals surface area contributed by atoms with Gasteiger partial charge in [-0.15, -0.1) is 0 Å². The van der Waals surface area contributed by atoms with Gasteiger partial charge in [0.1, 0.15) is 0 Å². The SMILES string of the molecule is CC.CNc1ccc2ccccc2c1.[HH]. The number of nitrogens with one attached hydrogen (secondary N) is 1. The van der Waals surface area contributed by atoms with E-state index in [9.17, 15) is 0 Å². The normalized spacial score (nSPS) is 9.07. The molecule has 0 spiro atoms. The molecule has 0 aliphatic rings. The third-order valence-corrected chi connectivity index (χ3v) is 2.04. The maximum absolute atomic E-state index is 3.12. The lowest BCUT2D eigenvalue weighted by molar-refractivity contribution is 1.50. The quantitative estimate of drug-likeness (QED) is 0.710. The molecular formula is C13H19N. The molecule has 0 unspecified atom stereocenters. The van der Waals surface area contributed by atoms with E-state index < -0.39 is 0 Å². The summed E-state index contributed by atoms with van der Waals surface area (Å²) in [5, 5.41) is 5.69. The molecular weight excluding hydrogens is 170 g/mol. The largest absolute Gasteiger partial charge is 0.388 e. The third kappa shape index (κ3) is 2.25. The smallest absolute Gasteiger partial charge is 0.0343 e. The summed E-state index contributed by atoms with van der Waals surface area (Å²) in [7, 11) is 1.93. The predicted octanol–water partition coefficient (Wildman–Crippen LogP) is 4.15. The predicted molar refractivity (Wildman–Crippen MR) is 67.0 cm³/mol. The molecule has 0 aliphatic heterocycles. The van der Waals surface area contributed by atoms with Crippen LogP contribution in [0.15, 0.2) is 42.5 Å². The van der Waals surface area contributed by atoms with Crippen LogP contribution >= 0.6 is 0 Å². The highest BCUT2D eigenvalue weighted by Gasteiger charge is 1.91. The Morgan fingerprint density at radius 1 is 0.929 bits per heavy atom. The monoisotopic (exact) mass is 189 g/mol. The first-order valence-corrected chi connectivity index (χ1v) is 5.07. The van der Waals surface area contributed by atoms with Crippen LogP contribution in [0, 0.1) is 0 Å². The van der Waals surface area contributed by atoms with Gasteiger partial charge in [-0.2, -0.15) is 0 Å². The highest BCUT2D eigenvalue weighted by Crippen LogP contribution is 2.17. The Labute approximate surface area is 87.2 Å². The van der Waals surface area contributed by atoms with E-state index in [1.807, 2.05) is 20.9 Å². The fourth-order valence-corrected chi connectivity index (χ4v) is 1.34. The highest BCUT2D eigenvalue weighted by molar-refractivity contribution is 5.85. The Bertz CT molecular complexity index is 398. The van der Waals surface area contributed by atoms with Crippen LogP contribution in [0.3, 0.4) is 0 Å². The molecule has 0 amide bonds. The van der Waals surface area contributed by atoms with Crippen LogP contribution in [0.4, 0.5) is 5.69 Å². The zero-order valence-electron chi connectivity index (χ0n) is 9.04. The number of fused-ring (bicyclic) bond motifs is 1. The molecule has 2 rings (SSSR count). The Morgan fingerprint density at radius 2 is 1.57 bits per heavy atom. The summed E-state index contributed by atoms with van der Waals surface area (Å²) in [5.74, 6) is 0. The standard InChI is InChI=1S/C11H11N.C2H6.H2/c1-12-11-7-6-9-4-2-3-5-10(9)8-11;1-2;/h2-8,12H,1H3;1-2H3;1H. The van der Waals surface area contributed by atoms with Crippen molar-refractivity contribution < 1.29 is 1.43 Å². The van der Waals surface area contributed by atoms with Crippen LogP contribution in [0.5, 0.6) is 0 Å². The molecule has 0 aliphatic carbocycles. The molecule has 0 saturated carbocycles. The van der Waals surface area contributed by atoms with Crippen LogP contribution in [0.25, 0.3) is 10.8 Å². The second-order valence-corrected chi connectivity index (χ2v) is 2.81. The van der Waals surface area contributed by atoms with Gasteiger partial charge < -0.3 is 5.32 Å². The average molecular weight is 189 g/mol. The maximum atomic E-state index is 3.12. The van der Waals surface area contributed by atoms with Gasteiger partial charge in [0.25, 0.3) is 0 Å². The summed E-state index contributed by atoms with van der Waals surface area (Å²) in [5.41, 5.74) is 1.16. The summed E-state index contributed by atoms with van der Waals surface area (Å²) in [6.45, 7) is 4.00. The molecule has 0 saturated heterocycles. The minimum atomic E-state index is 0. The summed E-state index contributed by atoms with van der Waals surface area (Å²) in [4.78, 5) is 0. The molecule has 76 valence electrons. The van der Waals surface area contributed by atoms with E-state index in [1.54, 1.807) is 0 Å². The molecule has 1 N–H and O–H groups in total. The summed E-state index contributed by atoms with van der Waals surface area (Å²) in [6.07, 6.45) is 0. The zero-order valence-corrected chi connectivity index (χ0v) is 9.04. The van der Waals surface area contributed by atoms with E-state index in [2.05, 4.69) is 47.8 Å². The van der Waals surface area contributed by atoms with Crippen molar-refractivity contribution in [2.75, 3.05) is 12.4 Å². The lowest BCUT2D eigenvalue weighted by Crippen LogP contribution is -1.86. The first-order chi connectivity index (χ1) is 6.90. The summed E-state index contributed by atoms with van der Waals surface area (Å²) in [6, 6.07) is 14.7. The first-order valence-electron chi connectivity index (χ1n) is 5.07. The summed E-state index contributed by atoms with van der Waals surface area (Å²) < 4.78 is 0. The van der Waals surface area contributed by atoms with Gasteiger partial charge in [-0.25, -0.2) is 0 Å². The van der Waals surface area contributed by atoms with Crippen LogP contribution in [0.2, 0.25) is 0 Å². The van der Waals surface area contributed by atoms with Crippen molar-refractivity contribution in [3.63, 3.8) is 0 Å². The van der Waals surface area contributed by atoms with Gasteiger partial charge in [0.15, 0.2) is 0 Å². The van der Waals surface area contributed by atoms with Gasteiger partial charge in [-0.1, -0.05) is 44.2 Å². The molecule has 2 aromatic carbocycles. The van der Waals surface area contributed by atoms with Crippen molar-refractivity contribution in [3.05, 3.63) is 42.5 Å². The molecule has 0 aromatic heterocycles. The molecule has 0 heterocycles. The minimum Gasteiger partial charge on any atom is -0.388 e. The van der Waals surface area contributed by atoms with Gasteiger partial charge in [-0.3, -0.25) is 0 Å². The van der Waals surface area contributed by atoms with E-state index in [1.165, 1.54) is 10.8 Å². The van der Waals surface area contributed by atoms with E-state index in [0.29, 0.717) is 0 Å². The third-order valence-electron chi connectivity index (χ3n) is 2.04. The fourth-order valence-electron chi connectivity index (χ4n) is 1.34. The second-order valence-electron chi connectivity index (χ2n) is 2.81. The lowest BCUT2D eigenvalue weighted by atomic mass is 10.1. The van der Waals surface area contributed by atoms with Crippen molar-refractivity contribution in [3.8, 4) is 0 Å². The average Bonchev–Trinajstić information content (AvgIpc) is 2.31. The Kier molecular flexibility index (Phi) is 3.99. The first kappa shape index (κ1) is 10.6. The minimum absolute atomic E-state index is 0. The van der Waals surface area contributed by atoms with Crippen molar-refractivity contribution in [2.24, 2.45) is 0 Å². The molecule has 0 fully saturated rings. The molecule has 0 bridgehead atoms. The Balaban J connectivity index is 0.000000617. The van der Waals surface area contributed by atoms with Gasteiger partial charge in [-0.05, 0) is 22.9 Å². The molecule has 0 atom stereocenters. The van der Waals surface area contributed by atoms with Gasteiger partial charge >= 0.3 is 0 Å². The van der Waals surface area contributed by atoms with Crippen molar-refractivity contribution in [2.45, 2.75) is 13.8 Å². The van der Waals surface area contributed by atoms with E-state index in [0.717, 1.165) is 5.69 Å². The molecule has 14 heavy (non-hydrogen) atoms. The molecule has 0 radical (unpaired) electrons. The van der Waals surface area contributed by atoms with E-state index in [-0.39, 0.29) is 1.43 Å². The molecule has 1 heteroatoms. The number of rotatable bonds is 1. The molecule has 2 aromatic rings. The summed E-state index contributed by atoms with van der Waals surface area (Å²) >= 11 is 0. The Hall–Kier alpha value is -1.50. The maximum Gasteiger partial charge on any atom is 0.0343 e. The number of hydrogen-bond acceptors (Lipinski definition) is 1. The van der Waals surface area contributed by atoms with E-state index in [4.69, 9.17) is 0 Å². The van der Waals surface area contributed by atoms with Crippen LogP contribution < -0.4 is 5.32 Å². The number of anilines is 1. The van der Waals surface area contributed by atoms with Gasteiger partial charge in [0, 0.05) is 14.2 Å². The number of hydrogen-bond donors (Lipinski definition) is 1. The van der Waals surface area contributed by atoms with Crippen molar-refractivity contribution in [1.82, 2.24) is 0 Å². The zero-order chi connectivity index (χ0) is 10.4. The van der Waals surface area contributed by atoms with Crippen LogP contribution in [0.1, 0.15) is 15.3 Å². The highest BCUT2D eigenvalue weighted by atomic mass is 14.8. The lowest BCUT2D eigenvalue weighted by Gasteiger charge is -2.01. The van der Waals surface area contributed by atoms with Gasteiger partial charge in [0.2, 0.25) is 0 Å². The van der Waals surface area contributed by atoms with Crippen molar-refractivity contribution >= 4 is 16.5 Å². The van der Waals surface area contributed by atoms with Gasteiger partial charge in [0.05, 0.1) is 0 Å². The van der Waals surface area contributed by atoms with Crippen LogP contribution in [-0.4, -0.2) is 7.05 Å². The number of benzene rings is 2. The second kappa shape index (κ2) is 5.28. The van der Waals surface area contributed by atoms with E-state index >= 15 is 0 Å².